The molecule has 8 aromatic rings. The lowest BCUT2D eigenvalue weighted by atomic mass is 9.79. The fourth-order valence-electron chi connectivity index (χ4n) is 7.90. The molecule has 8 aromatic carbocycles. The fraction of sp³-hybridized carbons (Fsp3) is 0.0638. The number of benzene rings is 8. The third-order valence-corrected chi connectivity index (χ3v) is 10.2. The molecular weight excluding hydrogens is 579 g/mol. The van der Waals surface area contributed by atoms with E-state index in [0.717, 1.165) is 17.1 Å². The van der Waals surface area contributed by atoms with Crippen LogP contribution in [0.5, 0.6) is 0 Å². The molecule has 0 saturated heterocycles. The van der Waals surface area contributed by atoms with E-state index >= 15 is 0 Å². The topological polar surface area (TPSA) is 3.24 Å². The van der Waals surface area contributed by atoms with Crippen molar-refractivity contribution in [3.8, 4) is 33.4 Å². The second-order valence-electron chi connectivity index (χ2n) is 13.4. The van der Waals surface area contributed by atoms with Gasteiger partial charge in [-0.3, -0.25) is 0 Å². The SMILES string of the molecule is CC1(C)c2ccc(N(c3cccc(-c4ccccc4)c3)c3ccc4ccccc4c3)cc2-c2c(-c3ccccc3)cc3ccccc3c21. The molecule has 0 aromatic heterocycles. The first-order valence-electron chi connectivity index (χ1n) is 16.8. The van der Waals surface area contributed by atoms with Gasteiger partial charge in [-0.15, -0.1) is 0 Å². The molecule has 1 aliphatic rings. The van der Waals surface area contributed by atoms with E-state index < -0.39 is 0 Å². The molecule has 0 spiro atoms. The molecule has 0 aliphatic heterocycles. The van der Waals surface area contributed by atoms with E-state index in [0.29, 0.717) is 0 Å². The lowest BCUT2D eigenvalue weighted by Gasteiger charge is -2.28. The average Bonchev–Trinajstić information content (AvgIpc) is 3.38. The van der Waals surface area contributed by atoms with E-state index in [2.05, 4.69) is 195 Å². The maximum atomic E-state index is 2.44. The van der Waals surface area contributed by atoms with Crippen LogP contribution in [-0.4, -0.2) is 0 Å². The molecule has 0 atom stereocenters. The minimum atomic E-state index is -0.158. The Balaban J connectivity index is 1.30. The molecule has 0 bridgehead atoms. The van der Waals surface area contributed by atoms with Gasteiger partial charge >= 0.3 is 0 Å². The van der Waals surface area contributed by atoms with E-state index in [9.17, 15) is 0 Å². The molecule has 9 rings (SSSR count). The van der Waals surface area contributed by atoms with Crippen molar-refractivity contribution in [2.24, 2.45) is 0 Å². The first-order chi connectivity index (χ1) is 23.6. The standard InChI is InChI=1S/C47H35N/c1-47(2)44-27-26-40(31-43(44)45-42(34-17-7-4-8-18-34)30-37-20-11-12-23-41(37)46(45)47)48(39-25-24-33-16-9-10-19-35(33)29-39)38-22-13-21-36(28-38)32-14-5-3-6-15-32/h3-31H,1-2H3. The summed E-state index contributed by atoms with van der Waals surface area (Å²) in [5.74, 6) is 0. The van der Waals surface area contributed by atoms with Crippen LogP contribution in [0.4, 0.5) is 17.1 Å². The predicted molar refractivity (Wildman–Crippen MR) is 205 cm³/mol. The molecule has 1 aliphatic carbocycles. The third kappa shape index (κ3) is 4.54. The highest BCUT2D eigenvalue weighted by Crippen LogP contribution is 2.56. The smallest absolute Gasteiger partial charge is 0.0468 e. The third-order valence-electron chi connectivity index (χ3n) is 10.2. The molecule has 0 fully saturated rings. The molecule has 0 unspecified atom stereocenters. The molecule has 0 radical (unpaired) electrons. The van der Waals surface area contributed by atoms with Crippen molar-refractivity contribution >= 4 is 38.6 Å². The van der Waals surface area contributed by atoms with Crippen LogP contribution < -0.4 is 4.90 Å². The first-order valence-corrected chi connectivity index (χ1v) is 16.8. The molecular formula is C47H35N. The van der Waals surface area contributed by atoms with Crippen molar-refractivity contribution in [1.29, 1.82) is 0 Å². The normalized spacial score (nSPS) is 13.0. The highest BCUT2D eigenvalue weighted by atomic mass is 15.1. The van der Waals surface area contributed by atoms with Gasteiger partial charge in [0.15, 0.2) is 0 Å². The second-order valence-corrected chi connectivity index (χ2v) is 13.4. The molecule has 228 valence electrons. The van der Waals surface area contributed by atoms with Crippen LogP contribution >= 0.6 is 0 Å². The first kappa shape index (κ1) is 28.3. The van der Waals surface area contributed by atoms with Crippen molar-refractivity contribution in [3.05, 3.63) is 187 Å². The maximum absolute atomic E-state index is 2.44. The van der Waals surface area contributed by atoms with Crippen molar-refractivity contribution in [2.45, 2.75) is 19.3 Å². The summed E-state index contributed by atoms with van der Waals surface area (Å²) in [7, 11) is 0. The molecule has 0 amide bonds. The van der Waals surface area contributed by atoms with Crippen LogP contribution in [0.3, 0.4) is 0 Å². The van der Waals surface area contributed by atoms with E-state index in [-0.39, 0.29) is 5.41 Å². The van der Waals surface area contributed by atoms with Crippen molar-refractivity contribution in [3.63, 3.8) is 0 Å². The molecule has 1 heteroatoms. The van der Waals surface area contributed by atoms with Crippen LogP contribution in [0.15, 0.2) is 176 Å². The molecule has 0 saturated carbocycles. The van der Waals surface area contributed by atoms with Gasteiger partial charge in [-0.25, -0.2) is 0 Å². The Kier molecular flexibility index (Phi) is 6.55. The van der Waals surface area contributed by atoms with Crippen molar-refractivity contribution in [2.75, 3.05) is 4.90 Å². The van der Waals surface area contributed by atoms with Crippen LogP contribution in [-0.2, 0) is 5.41 Å². The van der Waals surface area contributed by atoms with Gasteiger partial charge in [0.05, 0.1) is 0 Å². The van der Waals surface area contributed by atoms with E-state index in [1.807, 2.05) is 0 Å². The number of anilines is 3. The van der Waals surface area contributed by atoms with Crippen LogP contribution in [0, 0.1) is 0 Å². The van der Waals surface area contributed by atoms with Gasteiger partial charge in [-0.05, 0) is 109 Å². The zero-order chi connectivity index (χ0) is 32.2. The van der Waals surface area contributed by atoms with Gasteiger partial charge in [0.25, 0.3) is 0 Å². The lowest BCUT2D eigenvalue weighted by molar-refractivity contribution is 0.666. The summed E-state index contributed by atoms with van der Waals surface area (Å²) < 4.78 is 0. The summed E-state index contributed by atoms with van der Waals surface area (Å²) in [5.41, 5.74) is 13.6. The monoisotopic (exact) mass is 613 g/mol. The Morgan fingerprint density at radius 2 is 1.00 bits per heavy atom. The summed E-state index contributed by atoms with van der Waals surface area (Å²) >= 11 is 0. The molecule has 48 heavy (non-hydrogen) atoms. The molecule has 0 N–H and O–H groups in total. The molecule has 0 heterocycles. The Bertz CT molecular complexity index is 2470. The number of hydrogen-bond acceptors (Lipinski definition) is 1. The lowest BCUT2D eigenvalue weighted by Crippen LogP contribution is -2.16. The van der Waals surface area contributed by atoms with Crippen molar-refractivity contribution in [1.82, 2.24) is 0 Å². The number of nitrogens with zero attached hydrogens (tertiary/aromatic N) is 1. The highest BCUT2D eigenvalue weighted by Gasteiger charge is 2.39. The second kappa shape index (κ2) is 11.1. The summed E-state index contributed by atoms with van der Waals surface area (Å²) in [6.07, 6.45) is 0. The van der Waals surface area contributed by atoms with Crippen molar-refractivity contribution < 1.29 is 0 Å². The highest BCUT2D eigenvalue weighted by molar-refractivity contribution is 6.05. The largest absolute Gasteiger partial charge is 0.310 e. The number of hydrogen-bond donors (Lipinski definition) is 0. The van der Waals surface area contributed by atoms with E-state index in [1.165, 1.54) is 66.1 Å². The average molecular weight is 614 g/mol. The number of fused-ring (bicyclic) bond motifs is 6. The minimum absolute atomic E-state index is 0.158. The van der Waals surface area contributed by atoms with Gasteiger partial charge in [0.2, 0.25) is 0 Å². The Morgan fingerprint density at radius 1 is 0.396 bits per heavy atom. The fourth-order valence-corrected chi connectivity index (χ4v) is 7.90. The van der Waals surface area contributed by atoms with Crippen LogP contribution in [0.2, 0.25) is 0 Å². The minimum Gasteiger partial charge on any atom is -0.310 e. The summed E-state index contributed by atoms with van der Waals surface area (Å²) in [6, 6.07) is 64.3. The van der Waals surface area contributed by atoms with Gasteiger partial charge < -0.3 is 4.90 Å². The van der Waals surface area contributed by atoms with Gasteiger partial charge in [-0.1, -0.05) is 147 Å². The predicted octanol–water partition coefficient (Wildman–Crippen LogP) is 13.1. The Hall–Kier alpha value is -5.92. The van der Waals surface area contributed by atoms with E-state index in [4.69, 9.17) is 0 Å². The Labute approximate surface area is 282 Å². The summed E-state index contributed by atoms with van der Waals surface area (Å²) in [4.78, 5) is 2.42. The van der Waals surface area contributed by atoms with Crippen LogP contribution in [0.1, 0.15) is 25.0 Å². The molecule has 1 nitrogen and oxygen atoms in total. The van der Waals surface area contributed by atoms with Crippen LogP contribution in [0.25, 0.3) is 54.9 Å². The zero-order valence-corrected chi connectivity index (χ0v) is 27.2. The summed E-state index contributed by atoms with van der Waals surface area (Å²) in [5, 5.41) is 5.08. The zero-order valence-electron chi connectivity index (χ0n) is 27.2. The maximum Gasteiger partial charge on any atom is 0.0468 e. The van der Waals surface area contributed by atoms with Gasteiger partial charge in [-0.2, -0.15) is 0 Å². The Morgan fingerprint density at radius 3 is 1.79 bits per heavy atom. The van der Waals surface area contributed by atoms with E-state index in [1.54, 1.807) is 0 Å². The van der Waals surface area contributed by atoms with Gasteiger partial charge in [0, 0.05) is 22.5 Å². The number of rotatable bonds is 5. The quantitative estimate of drug-likeness (QED) is 0.187. The van der Waals surface area contributed by atoms with Gasteiger partial charge in [0.1, 0.15) is 0 Å². The summed E-state index contributed by atoms with van der Waals surface area (Å²) in [6.45, 7) is 4.78.